The standard InChI is InChI=1S/C19H27FN2O2/c1-14-11-22(12-15(2)24-14)19(23)13-21(18-6-7-18)9-8-16-4-3-5-17(20)10-16/h3-5,10,14-15,18H,6-9,11-13H2,1-2H3. The van der Waals surface area contributed by atoms with E-state index in [0.29, 0.717) is 25.7 Å². The summed E-state index contributed by atoms with van der Waals surface area (Å²) in [5.74, 6) is -0.0130. The van der Waals surface area contributed by atoms with Crippen LogP contribution in [0.15, 0.2) is 24.3 Å². The van der Waals surface area contributed by atoms with E-state index in [4.69, 9.17) is 4.74 Å². The molecule has 1 saturated carbocycles. The van der Waals surface area contributed by atoms with Gasteiger partial charge in [-0.15, -0.1) is 0 Å². The van der Waals surface area contributed by atoms with E-state index in [1.165, 1.54) is 6.07 Å². The van der Waals surface area contributed by atoms with E-state index in [0.717, 1.165) is 31.4 Å². The smallest absolute Gasteiger partial charge is 0.236 e. The number of amides is 1. The van der Waals surface area contributed by atoms with Crippen molar-refractivity contribution >= 4 is 5.91 Å². The SMILES string of the molecule is CC1CN(C(=O)CN(CCc2cccc(F)c2)C2CC2)CC(C)O1. The van der Waals surface area contributed by atoms with Crippen molar-refractivity contribution < 1.29 is 13.9 Å². The Bertz CT molecular complexity index is 566. The minimum Gasteiger partial charge on any atom is -0.372 e. The van der Waals surface area contributed by atoms with Crippen LogP contribution in [0, 0.1) is 5.82 Å². The largest absolute Gasteiger partial charge is 0.372 e. The normalized spacial score (nSPS) is 24.4. The van der Waals surface area contributed by atoms with Crippen molar-refractivity contribution in [1.82, 2.24) is 9.80 Å². The lowest BCUT2D eigenvalue weighted by Crippen LogP contribution is -2.51. The summed E-state index contributed by atoms with van der Waals surface area (Å²) < 4.78 is 19.0. The molecule has 1 saturated heterocycles. The molecule has 0 aromatic heterocycles. The number of hydrogen-bond donors (Lipinski definition) is 0. The van der Waals surface area contributed by atoms with Gasteiger partial charge in [-0.1, -0.05) is 12.1 Å². The van der Waals surface area contributed by atoms with Crippen LogP contribution in [-0.4, -0.2) is 60.1 Å². The summed E-state index contributed by atoms with van der Waals surface area (Å²) in [6.45, 7) is 6.63. The topological polar surface area (TPSA) is 32.8 Å². The van der Waals surface area contributed by atoms with Gasteiger partial charge in [-0.25, -0.2) is 4.39 Å². The van der Waals surface area contributed by atoms with Crippen LogP contribution in [0.4, 0.5) is 4.39 Å². The van der Waals surface area contributed by atoms with Crippen LogP contribution in [0.5, 0.6) is 0 Å². The van der Waals surface area contributed by atoms with E-state index in [1.807, 2.05) is 24.8 Å². The quantitative estimate of drug-likeness (QED) is 0.801. The second kappa shape index (κ2) is 7.62. The van der Waals surface area contributed by atoms with Crippen LogP contribution >= 0.6 is 0 Å². The number of carbonyl (C=O) groups is 1. The molecule has 132 valence electrons. The molecular weight excluding hydrogens is 307 g/mol. The molecular formula is C19H27FN2O2. The van der Waals surface area contributed by atoms with Crippen LogP contribution in [0.1, 0.15) is 32.3 Å². The van der Waals surface area contributed by atoms with Crippen LogP contribution in [0.25, 0.3) is 0 Å². The summed E-state index contributed by atoms with van der Waals surface area (Å²) >= 11 is 0. The zero-order valence-corrected chi connectivity index (χ0v) is 14.6. The molecule has 24 heavy (non-hydrogen) atoms. The lowest BCUT2D eigenvalue weighted by molar-refractivity contribution is -0.144. The Morgan fingerprint density at radius 2 is 2.00 bits per heavy atom. The second-order valence-corrected chi connectivity index (χ2v) is 7.14. The van der Waals surface area contributed by atoms with Gasteiger partial charge in [0.05, 0.1) is 18.8 Å². The van der Waals surface area contributed by atoms with Crippen molar-refractivity contribution in [2.45, 2.75) is 51.4 Å². The highest BCUT2D eigenvalue weighted by Crippen LogP contribution is 2.27. The van der Waals surface area contributed by atoms with Gasteiger partial charge in [0.1, 0.15) is 5.82 Å². The summed E-state index contributed by atoms with van der Waals surface area (Å²) in [5, 5.41) is 0. The summed E-state index contributed by atoms with van der Waals surface area (Å²) in [4.78, 5) is 16.9. The van der Waals surface area contributed by atoms with Gasteiger partial charge in [0, 0.05) is 25.7 Å². The minimum absolute atomic E-state index is 0.0966. The predicted molar refractivity (Wildman–Crippen MR) is 91.3 cm³/mol. The molecule has 5 heteroatoms. The summed E-state index contributed by atoms with van der Waals surface area (Å²) in [7, 11) is 0. The zero-order valence-electron chi connectivity index (χ0n) is 14.6. The molecule has 1 aromatic carbocycles. The Hall–Kier alpha value is -1.46. The first-order chi connectivity index (χ1) is 11.5. The van der Waals surface area contributed by atoms with Gasteiger partial charge in [-0.05, 0) is 50.8 Å². The molecule has 0 spiro atoms. The molecule has 1 aliphatic carbocycles. The highest BCUT2D eigenvalue weighted by molar-refractivity contribution is 5.78. The van der Waals surface area contributed by atoms with Crippen LogP contribution < -0.4 is 0 Å². The Labute approximate surface area is 143 Å². The highest BCUT2D eigenvalue weighted by Gasteiger charge is 2.32. The first-order valence-electron chi connectivity index (χ1n) is 8.93. The molecule has 2 unspecified atom stereocenters. The molecule has 4 nitrogen and oxygen atoms in total. The number of hydrogen-bond acceptors (Lipinski definition) is 3. The molecule has 3 rings (SSSR count). The summed E-state index contributed by atoms with van der Waals surface area (Å²) in [6, 6.07) is 7.25. The number of carbonyl (C=O) groups excluding carboxylic acids is 1. The van der Waals surface area contributed by atoms with E-state index in [2.05, 4.69) is 4.90 Å². The summed E-state index contributed by atoms with van der Waals surface area (Å²) in [5.41, 5.74) is 0.988. The highest BCUT2D eigenvalue weighted by atomic mass is 19.1. The van der Waals surface area contributed by atoms with Gasteiger partial charge in [0.25, 0.3) is 0 Å². The molecule has 1 heterocycles. The number of halogens is 1. The van der Waals surface area contributed by atoms with Crippen molar-refractivity contribution in [2.24, 2.45) is 0 Å². The van der Waals surface area contributed by atoms with Crippen molar-refractivity contribution in [3.63, 3.8) is 0 Å². The number of rotatable bonds is 6. The van der Waals surface area contributed by atoms with Gasteiger partial charge >= 0.3 is 0 Å². The van der Waals surface area contributed by atoms with Crippen LogP contribution in [-0.2, 0) is 16.0 Å². The Morgan fingerprint density at radius 1 is 1.29 bits per heavy atom. The maximum absolute atomic E-state index is 13.3. The monoisotopic (exact) mass is 334 g/mol. The van der Waals surface area contributed by atoms with E-state index < -0.39 is 0 Å². The van der Waals surface area contributed by atoms with Crippen LogP contribution in [0.3, 0.4) is 0 Å². The molecule has 2 fully saturated rings. The maximum atomic E-state index is 13.3. The maximum Gasteiger partial charge on any atom is 0.236 e. The number of ether oxygens (including phenoxy) is 1. The molecule has 1 amide bonds. The fraction of sp³-hybridized carbons (Fsp3) is 0.632. The van der Waals surface area contributed by atoms with E-state index in [1.54, 1.807) is 12.1 Å². The predicted octanol–water partition coefficient (Wildman–Crippen LogP) is 2.47. The molecule has 0 bridgehead atoms. The van der Waals surface area contributed by atoms with E-state index in [-0.39, 0.29) is 23.9 Å². The van der Waals surface area contributed by atoms with Crippen LogP contribution in [0.2, 0.25) is 0 Å². The van der Waals surface area contributed by atoms with Crippen molar-refractivity contribution in [3.05, 3.63) is 35.6 Å². The van der Waals surface area contributed by atoms with Gasteiger partial charge in [-0.2, -0.15) is 0 Å². The zero-order chi connectivity index (χ0) is 17.1. The summed E-state index contributed by atoms with van der Waals surface area (Å²) in [6.07, 6.45) is 3.29. The Kier molecular flexibility index (Phi) is 5.51. The lowest BCUT2D eigenvalue weighted by atomic mass is 10.1. The van der Waals surface area contributed by atoms with Crippen molar-refractivity contribution in [1.29, 1.82) is 0 Å². The lowest BCUT2D eigenvalue weighted by Gasteiger charge is -2.36. The average Bonchev–Trinajstić information content (AvgIpc) is 3.35. The Morgan fingerprint density at radius 3 is 2.62 bits per heavy atom. The van der Waals surface area contributed by atoms with Gasteiger partial charge < -0.3 is 9.64 Å². The number of morpholine rings is 1. The number of nitrogens with zero attached hydrogens (tertiary/aromatic N) is 2. The van der Waals surface area contributed by atoms with Crippen molar-refractivity contribution in [2.75, 3.05) is 26.2 Å². The molecule has 0 N–H and O–H groups in total. The fourth-order valence-electron chi connectivity index (χ4n) is 3.45. The molecule has 0 radical (unpaired) electrons. The molecule has 2 atom stereocenters. The average molecular weight is 334 g/mol. The van der Waals surface area contributed by atoms with E-state index >= 15 is 0 Å². The second-order valence-electron chi connectivity index (χ2n) is 7.14. The third-order valence-corrected chi connectivity index (χ3v) is 4.75. The minimum atomic E-state index is -0.196. The molecule has 1 aromatic rings. The Balaban J connectivity index is 1.55. The van der Waals surface area contributed by atoms with Gasteiger partial charge in [-0.3, -0.25) is 9.69 Å². The number of benzene rings is 1. The van der Waals surface area contributed by atoms with Crippen molar-refractivity contribution in [3.8, 4) is 0 Å². The third-order valence-electron chi connectivity index (χ3n) is 4.75. The first kappa shape index (κ1) is 17.4. The van der Waals surface area contributed by atoms with Gasteiger partial charge in [0.15, 0.2) is 0 Å². The van der Waals surface area contributed by atoms with E-state index in [9.17, 15) is 9.18 Å². The third kappa shape index (κ3) is 4.77. The molecule has 2 aliphatic rings. The molecule has 1 aliphatic heterocycles. The first-order valence-corrected chi connectivity index (χ1v) is 8.93. The van der Waals surface area contributed by atoms with Gasteiger partial charge in [0.2, 0.25) is 5.91 Å². The fourth-order valence-corrected chi connectivity index (χ4v) is 3.45.